The van der Waals surface area contributed by atoms with Gasteiger partial charge in [0, 0.05) is 30.8 Å². The van der Waals surface area contributed by atoms with Crippen molar-refractivity contribution in [1.29, 1.82) is 0 Å². The fourth-order valence-electron chi connectivity index (χ4n) is 1.34. The molecule has 0 aliphatic carbocycles. The van der Waals surface area contributed by atoms with Gasteiger partial charge in [-0.25, -0.2) is 0 Å². The van der Waals surface area contributed by atoms with Crippen molar-refractivity contribution in [2.45, 2.75) is 19.9 Å². The first kappa shape index (κ1) is 13.3. The second kappa shape index (κ2) is 6.75. The van der Waals surface area contributed by atoms with Crippen LogP contribution in [0.1, 0.15) is 18.9 Å². The molecule has 0 saturated heterocycles. The minimum Gasteiger partial charge on any atom is -0.508 e. The van der Waals surface area contributed by atoms with E-state index in [-0.39, 0.29) is 18.2 Å². The van der Waals surface area contributed by atoms with Gasteiger partial charge in [-0.1, -0.05) is 0 Å². The Hall–Kier alpha value is -1.75. The Kier molecular flexibility index (Phi) is 5.29. The van der Waals surface area contributed by atoms with E-state index >= 15 is 0 Å². The third kappa shape index (κ3) is 4.74. The number of aromatic hydroxyl groups is 1. The van der Waals surface area contributed by atoms with E-state index in [1.807, 2.05) is 6.92 Å². The van der Waals surface area contributed by atoms with Crippen LogP contribution in [-0.4, -0.2) is 24.2 Å². The van der Waals surface area contributed by atoms with Crippen molar-refractivity contribution in [2.75, 3.05) is 18.9 Å². The summed E-state index contributed by atoms with van der Waals surface area (Å²) in [5.41, 5.74) is 6.75. The summed E-state index contributed by atoms with van der Waals surface area (Å²) in [7, 11) is 0. The van der Waals surface area contributed by atoms with Gasteiger partial charge < -0.3 is 20.9 Å². The highest BCUT2D eigenvalue weighted by Crippen LogP contribution is 2.19. The number of phenolic OH excluding ortho intramolecular Hbond substituents is 1. The summed E-state index contributed by atoms with van der Waals surface area (Å²) >= 11 is 0. The molecule has 17 heavy (non-hydrogen) atoms. The molecule has 4 N–H and O–H groups in total. The Morgan fingerprint density at radius 1 is 1.53 bits per heavy atom. The molecule has 0 aliphatic rings. The summed E-state index contributed by atoms with van der Waals surface area (Å²) in [4.78, 5) is 11.4. The third-order valence-corrected chi connectivity index (χ3v) is 2.26. The molecule has 5 nitrogen and oxygen atoms in total. The second-order valence-electron chi connectivity index (χ2n) is 3.61. The summed E-state index contributed by atoms with van der Waals surface area (Å²) < 4.78 is 5.07. The van der Waals surface area contributed by atoms with Gasteiger partial charge >= 0.3 is 0 Å². The molecule has 0 unspecified atom stereocenters. The fourth-order valence-corrected chi connectivity index (χ4v) is 1.34. The number of nitrogens with two attached hydrogens (primary N) is 1. The van der Waals surface area contributed by atoms with Crippen LogP contribution in [0.3, 0.4) is 0 Å². The maximum Gasteiger partial charge on any atom is 0.222 e. The molecule has 0 spiro atoms. The lowest BCUT2D eigenvalue weighted by molar-refractivity contribution is -0.122. The minimum atomic E-state index is -0.111. The number of anilines is 1. The fraction of sp³-hybridized carbons (Fsp3) is 0.417. The van der Waals surface area contributed by atoms with Crippen LogP contribution in [-0.2, 0) is 16.1 Å². The van der Waals surface area contributed by atoms with Gasteiger partial charge in [0.15, 0.2) is 0 Å². The van der Waals surface area contributed by atoms with Crippen LogP contribution < -0.4 is 11.1 Å². The molecule has 5 heteroatoms. The average Bonchev–Trinajstić information content (AvgIpc) is 2.31. The summed E-state index contributed by atoms with van der Waals surface area (Å²) in [6.45, 7) is 3.15. The van der Waals surface area contributed by atoms with Crippen LogP contribution >= 0.6 is 0 Å². The number of ether oxygens (including phenoxy) is 1. The van der Waals surface area contributed by atoms with E-state index in [0.717, 1.165) is 0 Å². The van der Waals surface area contributed by atoms with E-state index in [1.54, 1.807) is 12.1 Å². The largest absolute Gasteiger partial charge is 0.508 e. The van der Waals surface area contributed by atoms with Gasteiger partial charge in [-0.3, -0.25) is 4.79 Å². The zero-order valence-electron chi connectivity index (χ0n) is 9.90. The highest BCUT2D eigenvalue weighted by atomic mass is 16.5. The number of rotatable bonds is 6. The van der Waals surface area contributed by atoms with Gasteiger partial charge in [0.2, 0.25) is 5.91 Å². The number of hydrogen-bond acceptors (Lipinski definition) is 4. The molecule has 1 rings (SSSR count). The van der Waals surface area contributed by atoms with Crippen LogP contribution in [0.2, 0.25) is 0 Å². The van der Waals surface area contributed by atoms with Crippen molar-refractivity contribution in [3.05, 3.63) is 23.8 Å². The van der Waals surface area contributed by atoms with Crippen molar-refractivity contribution >= 4 is 11.6 Å². The number of nitrogens with one attached hydrogen (secondary N) is 1. The van der Waals surface area contributed by atoms with E-state index in [9.17, 15) is 9.90 Å². The van der Waals surface area contributed by atoms with E-state index < -0.39 is 0 Å². The van der Waals surface area contributed by atoms with E-state index in [1.165, 1.54) is 6.07 Å². The molecule has 0 saturated carbocycles. The van der Waals surface area contributed by atoms with Gasteiger partial charge in [0.25, 0.3) is 0 Å². The van der Waals surface area contributed by atoms with Gasteiger partial charge in [-0.15, -0.1) is 0 Å². The van der Waals surface area contributed by atoms with Gasteiger partial charge in [0.05, 0.1) is 6.61 Å². The van der Waals surface area contributed by atoms with Gasteiger partial charge in [0.1, 0.15) is 5.75 Å². The predicted octanol–water partition coefficient (Wildman–Crippen LogP) is 1.02. The van der Waals surface area contributed by atoms with Crippen molar-refractivity contribution in [3.8, 4) is 5.75 Å². The van der Waals surface area contributed by atoms with Crippen LogP contribution in [0.4, 0.5) is 5.69 Å². The zero-order valence-corrected chi connectivity index (χ0v) is 9.90. The minimum absolute atomic E-state index is 0.111. The molecular weight excluding hydrogens is 220 g/mol. The summed E-state index contributed by atoms with van der Waals surface area (Å²) in [6.07, 6.45) is 0.316. The monoisotopic (exact) mass is 238 g/mol. The summed E-state index contributed by atoms with van der Waals surface area (Å²) in [5.74, 6) is 0.0181. The number of hydrogen-bond donors (Lipinski definition) is 3. The van der Waals surface area contributed by atoms with Crippen molar-refractivity contribution in [2.24, 2.45) is 0 Å². The predicted molar refractivity (Wildman–Crippen MR) is 65.5 cm³/mol. The highest BCUT2D eigenvalue weighted by molar-refractivity contribution is 5.76. The number of carbonyl (C=O) groups is 1. The number of phenols is 1. The van der Waals surface area contributed by atoms with E-state index in [2.05, 4.69) is 5.32 Å². The molecule has 0 bridgehead atoms. The quantitative estimate of drug-likeness (QED) is 0.392. The molecule has 94 valence electrons. The lowest BCUT2D eigenvalue weighted by atomic mass is 10.2. The van der Waals surface area contributed by atoms with Gasteiger partial charge in [-0.05, 0) is 25.1 Å². The average molecular weight is 238 g/mol. The normalized spacial score (nSPS) is 10.2. The highest BCUT2D eigenvalue weighted by Gasteiger charge is 2.04. The number of amides is 1. The number of nitrogen functional groups attached to an aromatic ring is 1. The Labute approximate surface area is 101 Å². The first-order valence-electron chi connectivity index (χ1n) is 5.55. The molecule has 1 aromatic rings. The SMILES string of the molecule is CCOCCC(=O)NCc1cc(N)ccc1O. The van der Waals surface area contributed by atoms with E-state index in [0.29, 0.717) is 30.9 Å². The molecule has 1 aromatic carbocycles. The molecule has 0 aromatic heterocycles. The first-order chi connectivity index (χ1) is 8.13. The Balaban J connectivity index is 2.39. The van der Waals surface area contributed by atoms with Crippen LogP contribution in [0, 0.1) is 0 Å². The lowest BCUT2D eigenvalue weighted by Crippen LogP contribution is -2.24. The second-order valence-corrected chi connectivity index (χ2v) is 3.61. The molecule has 1 amide bonds. The van der Waals surface area contributed by atoms with Crippen molar-refractivity contribution in [1.82, 2.24) is 5.32 Å². The topological polar surface area (TPSA) is 84.6 Å². The Morgan fingerprint density at radius 2 is 2.29 bits per heavy atom. The number of carbonyl (C=O) groups excluding carboxylic acids is 1. The molecule has 0 radical (unpaired) electrons. The Morgan fingerprint density at radius 3 is 3.00 bits per heavy atom. The van der Waals surface area contributed by atoms with Crippen molar-refractivity contribution < 1.29 is 14.6 Å². The van der Waals surface area contributed by atoms with Gasteiger partial charge in [-0.2, -0.15) is 0 Å². The maximum absolute atomic E-state index is 11.4. The number of benzene rings is 1. The molecule has 0 aliphatic heterocycles. The summed E-state index contributed by atoms with van der Waals surface area (Å²) in [5, 5.41) is 12.2. The van der Waals surface area contributed by atoms with Crippen molar-refractivity contribution in [3.63, 3.8) is 0 Å². The first-order valence-corrected chi connectivity index (χ1v) is 5.55. The molecule has 0 atom stereocenters. The third-order valence-electron chi connectivity index (χ3n) is 2.26. The van der Waals surface area contributed by atoms with Crippen LogP contribution in [0.15, 0.2) is 18.2 Å². The molecule has 0 fully saturated rings. The molecule has 0 heterocycles. The van der Waals surface area contributed by atoms with Crippen LogP contribution in [0.25, 0.3) is 0 Å². The smallest absolute Gasteiger partial charge is 0.222 e. The zero-order chi connectivity index (χ0) is 12.7. The van der Waals surface area contributed by atoms with Crippen LogP contribution in [0.5, 0.6) is 5.75 Å². The lowest BCUT2D eigenvalue weighted by Gasteiger charge is -2.08. The summed E-state index contributed by atoms with van der Waals surface area (Å²) in [6, 6.07) is 4.75. The molecular formula is C12H18N2O3. The maximum atomic E-state index is 11.4. The standard InChI is InChI=1S/C12H18N2O3/c1-2-17-6-5-12(16)14-8-9-7-10(13)3-4-11(9)15/h3-4,7,15H,2,5-6,8,13H2,1H3,(H,14,16). The Bertz CT molecular complexity index is 380. The van der Waals surface area contributed by atoms with E-state index in [4.69, 9.17) is 10.5 Å².